The molecule has 0 atom stereocenters. The van der Waals surface area contributed by atoms with E-state index in [1.54, 1.807) is 0 Å². The summed E-state index contributed by atoms with van der Waals surface area (Å²) in [6.45, 7) is 9.82. The lowest BCUT2D eigenvalue weighted by atomic mass is 9.93. The largest absolute Gasteiger partial charge is 0.330 e. The average Bonchev–Trinajstić information content (AvgIpc) is 2.17. The van der Waals surface area contributed by atoms with Gasteiger partial charge in [0.2, 0.25) is 0 Å². The molecule has 0 aliphatic rings. The summed E-state index contributed by atoms with van der Waals surface area (Å²) in [4.78, 5) is 2.29. The lowest BCUT2D eigenvalue weighted by Crippen LogP contribution is -2.39. The monoisotopic (exact) mass is 252 g/mol. The highest BCUT2D eigenvalue weighted by Gasteiger charge is 2.19. The van der Waals surface area contributed by atoms with Crippen LogP contribution in [0.1, 0.15) is 27.2 Å². The zero-order valence-electron chi connectivity index (χ0n) is 9.89. The second-order valence-corrected chi connectivity index (χ2v) is 5.34. The van der Waals surface area contributed by atoms with Crippen LogP contribution in [0.4, 0.5) is 0 Å². The highest BCUT2D eigenvalue weighted by Crippen LogP contribution is 2.17. The molecule has 0 fully saturated rings. The summed E-state index contributed by atoms with van der Waals surface area (Å²) in [5.74, 6) is 0. The van der Waals surface area contributed by atoms with Crippen LogP contribution < -0.4 is 5.73 Å². The van der Waals surface area contributed by atoms with E-state index >= 15 is 0 Å². The van der Waals surface area contributed by atoms with Crippen molar-refractivity contribution in [3.63, 3.8) is 0 Å². The summed E-state index contributed by atoms with van der Waals surface area (Å²) in [6, 6.07) is 0. The molecule has 0 aliphatic heterocycles. The normalized spacial score (nSPS) is 13.7. The Kier molecular flexibility index (Phi) is 7.62. The van der Waals surface area contributed by atoms with Crippen molar-refractivity contribution in [1.29, 1.82) is 0 Å². The maximum absolute atomic E-state index is 5.92. The first-order valence-electron chi connectivity index (χ1n) is 5.32. The van der Waals surface area contributed by atoms with E-state index in [2.05, 4.69) is 25.7 Å². The van der Waals surface area contributed by atoms with E-state index < -0.39 is 0 Å². The van der Waals surface area contributed by atoms with Crippen LogP contribution in [0.3, 0.4) is 0 Å². The lowest BCUT2D eigenvalue weighted by Gasteiger charge is -2.31. The van der Waals surface area contributed by atoms with E-state index in [9.17, 15) is 0 Å². The van der Waals surface area contributed by atoms with Gasteiger partial charge in [-0.15, -0.1) is 0 Å². The van der Waals surface area contributed by atoms with Crippen LogP contribution >= 0.6 is 23.2 Å². The van der Waals surface area contributed by atoms with Crippen LogP contribution in [-0.2, 0) is 0 Å². The number of hydrogen-bond acceptors (Lipinski definition) is 2. The smallest absolute Gasteiger partial charge is 0.0434 e. The molecule has 0 aromatic heterocycles. The zero-order chi connectivity index (χ0) is 11.9. The number of nitrogens with two attached hydrogens (primary N) is 1. The van der Waals surface area contributed by atoms with Gasteiger partial charge >= 0.3 is 0 Å². The van der Waals surface area contributed by atoms with E-state index in [1.807, 2.05) is 0 Å². The molecule has 0 amide bonds. The summed E-state index contributed by atoms with van der Waals surface area (Å²) >= 11 is 11.5. The molecule has 15 heavy (non-hydrogen) atoms. The van der Waals surface area contributed by atoms with Gasteiger partial charge in [0.25, 0.3) is 0 Å². The predicted octanol–water partition coefficient (Wildman–Crippen LogP) is 3.00. The van der Waals surface area contributed by atoms with Gasteiger partial charge in [0.1, 0.15) is 0 Å². The predicted molar refractivity (Wildman–Crippen MR) is 69.4 cm³/mol. The molecule has 0 unspecified atom stereocenters. The van der Waals surface area contributed by atoms with Crippen molar-refractivity contribution < 1.29 is 0 Å². The highest BCUT2D eigenvalue weighted by atomic mass is 35.5. The molecule has 0 saturated heterocycles. The summed E-state index contributed by atoms with van der Waals surface area (Å²) < 4.78 is 0. The molecule has 0 rings (SSSR count). The molecule has 0 bridgehead atoms. The minimum atomic E-state index is 0.124. The molecule has 4 heteroatoms. The van der Waals surface area contributed by atoms with Crippen molar-refractivity contribution in [3.05, 3.63) is 10.6 Å². The van der Waals surface area contributed by atoms with Crippen LogP contribution in [0.25, 0.3) is 0 Å². The molecular weight excluding hydrogens is 231 g/mol. The summed E-state index contributed by atoms with van der Waals surface area (Å²) in [5.41, 5.74) is 7.27. The molecule has 90 valence electrons. The topological polar surface area (TPSA) is 29.3 Å². The van der Waals surface area contributed by atoms with Gasteiger partial charge in [-0.25, -0.2) is 0 Å². The Labute approximate surface area is 103 Å². The minimum Gasteiger partial charge on any atom is -0.330 e. The molecule has 0 aromatic carbocycles. The fraction of sp³-hybridized carbons (Fsp3) is 0.818. The van der Waals surface area contributed by atoms with E-state index in [1.165, 1.54) is 5.54 Å². The van der Waals surface area contributed by atoms with Gasteiger partial charge in [-0.3, -0.25) is 4.90 Å². The average molecular weight is 253 g/mol. The Morgan fingerprint density at radius 1 is 1.47 bits per heavy atom. The van der Waals surface area contributed by atoms with Crippen molar-refractivity contribution >= 4 is 23.2 Å². The van der Waals surface area contributed by atoms with Gasteiger partial charge in [0, 0.05) is 23.7 Å². The molecule has 0 heterocycles. The quantitative estimate of drug-likeness (QED) is 0.755. The molecule has 0 radical (unpaired) electrons. The molecule has 0 spiro atoms. The second-order valence-electron chi connectivity index (χ2n) is 4.63. The van der Waals surface area contributed by atoms with Crippen LogP contribution in [0.5, 0.6) is 0 Å². The first-order chi connectivity index (χ1) is 6.95. The summed E-state index contributed by atoms with van der Waals surface area (Å²) in [5, 5.41) is 0.679. The van der Waals surface area contributed by atoms with Crippen molar-refractivity contribution in [2.45, 2.75) is 27.2 Å². The highest BCUT2D eigenvalue weighted by molar-refractivity contribution is 6.36. The maximum atomic E-state index is 5.92. The van der Waals surface area contributed by atoms with Gasteiger partial charge in [-0.05, 0) is 24.9 Å². The summed E-state index contributed by atoms with van der Waals surface area (Å²) in [7, 11) is 0. The van der Waals surface area contributed by atoms with Gasteiger partial charge < -0.3 is 5.73 Å². The Hall–Kier alpha value is 0.240. The fourth-order valence-corrected chi connectivity index (χ4v) is 1.69. The van der Waals surface area contributed by atoms with Gasteiger partial charge in [0.05, 0.1) is 0 Å². The number of rotatable bonds is 7. The van der Waals surface area contributed by atoms with Crippen LogP contribution in [0, 0.1) is 5.41 Å². The van der Waals surface area contributed by atoms with Gasteiger partial charge in [-0.2, -0.15) is 0 Å². The zero-order valence-corrected chi connectivity index (χ0v) is 11.4. The standard InChI is InChI=1S/C11H22Cl2N2/c1-4-5-15(7-10(13)6-12)9-11(2,3)8-14/h6H,4-5,7-9,14H2,1-3H3. The first-order valence-corrected chi connectivity index (χ1v) is 6.13. The van der Waals surface area contributed by atoms with Gasteiger partial charge in [0.15, 0.2) is 0 Å². The lowest BCUT2D eigenvalue weighted by molar-refractivity contribution is 0.197. The number of hydrogen-bond donors (Lipinski definition) is 1. The Bertz CT molecular complexity index is 203. The molecule has 0 aromatic rings. The minimum absolute atomic E-state index is 0.124. The number of halogens is 2. The Morgan fingerprint density at radius 3 is 2.47 bits per heavy atom. The Morgan fingerprint density at radius 2 is 2.07 bits per heavy atom. The van der Waals surface area contributed by atoms with Crippen LogP contribution in [-0.4, -0.2) is 31.1 Å². The van der Waals surface area contributed by atoms with Crippen LogP contribution in [0.2, 0.25) is 0 Å². The SMILES string of the molecule is CCCN(CC(Cl)=CCl)CC(C)(C)CN. The molecular formula is C11H22Cl2N2. The molecule has 2 N–H and O–H groups in total. The molecule has 0 aliphatic carbocycles. The first kappa shape index (κ1) is 15.2. The Balaban J connectivity index is 4.27. The molecule has 2 nitrogen and oxygen atoms in total. The van der Waals surface area contributed by atoms with Crippen molar-refractivity contribution in [1.82, 2.24) is 4.90 Å². The van der Waals surface area contributed by atoms with Gasteiger partial charge in [-0.1, -0.05) is 44.0 Å². The third-order valence-electron chi connectivity index (χ3n) is 2.24. The third kappa shape index (κ3) is 7.18. The van der Waals surface area contributed by atoms with E-state index in [-0.39, 0.29) is 5.41 Å². The van der Waals surface area contributed by atoms with Crippen LogP contribution in [0.15, 0.2) is 10.6 Å². The van der Waals surface area contributed by atoms with E-state index in [0.717, 1.165) is 19.5 Å². The van der Waals surface area contributed by atoms with E-state index in [4.69, 9.17) is 28.9 Å². The van der Waals surface area contributed by atoms with Crippen molar-refractivity contribution in [2.75, 3.05) is 26.2 Å². The van der Waals surface area contributed by atoms with Crippen molar-refractivity contribution in [2.24, 2.45) is 11.1 Å². The third-order valence-corrected chi connectivity index (χ3v) is 2.84. The number of nitrogens with zero attached hydrogens (tertiary/aromatic N) is 1. The van der Waals surface area contributed by atoms with E-state index in [0.29, 0.717) is 18.1 Å². The summed E-state index contributed by atoms with van der Waals surface area (Å²) in [6.07, 6.45) is 1.10. The fourth-order valence-electron chi connectivity index (χ4n) is 1.45. The van der Waals surface area contributed by atoms with Crippen molar-refractivity contribution in [3.8, 4) is 0 Å². The second kappa shape index (κ2) is 7.50. The maximum Gasteiger partial charge on any atom is 0.0434 e. The molecule has 0 saturated carbocycles.